The highest BCUT2D eigenvalue weighted by Crippen LogP contribution is 2.07. The topological polar surface area (TPSA) is 62.4 Å². The second-order valence-electron chi connectivity index (χ2n) is 3.58. The summed E-state index contributed by atoms with van der Waals surface area (Å²) in [6.07, 6.45) is 0.934. The summed E-state index contributed by atoms with van der Waals surface area (Å²) >= 11 is 0. The van der Waals surface area contributed by atoms with E-state index < -0.39 is 0 Å². The first-order valence-corrected chi connectivity index (χ1v) is 5.57. The minimum Gasteiger partial charge on any atom is -0.356 e. The van der Waals surface area contributed by atoms with Crippen LogP contribution in [0.5, 0.6) is 0 Å². The van der Waals surface area contributed by atoms with Gasteiger partial charge in [-0.1, -0.05) is 24.3 Å². The van der Waals surface area contributed by atoms with E-state index in [1.165, 1.54) is 11.1 Å². The van der Waals surface area contributed by atoms with Crippen molar-refractivity contribution in [1.82, 2.24) is 10.7 Å². The molecule has 4 heteroatoms. The van der Waals surface area contributed by atoms with Crippen LogP contribution in [0.1, 0.15) is 18.1 Å². The van der Waals surface area contributed by atoms with Crippen LogP contribution in [-0.2, 0) is 6.42 Å². The summed E-state index contributed by atoms with van der Waals surface area (Å²) in [5.74, 6) is 5.97. The zero-order valence-electron chi connectivity index (χ0n) is 9.96. The Morgan fingerprint density at radius 3 is 2.75 bits per heavy atom. The largest absolute Gasteiger partial charge is 0.356 e. The Morgan fingerprint density at radius 1 is 1.38 bits per heavy atom. The van der Waals surface area contributed by atoms with Gasteiger partial charge in [0.15, 0.2) is 0 Å². The molecule has 0 aliphatic rings. The lowest BCUT2D eigenvalue weighted by Crippen LogP contribution is -2.41. The molecule has 0 bridgehead atoms. The molecular formula is C12H20N4. The summed E-state index contributed by atoms with van der Waals surface area (Å²) < 4.78 is 0. The highest BCUT2D eigenvalue weighted by molar-refractivity contribution is 5.79. The molecule has 0 amide bonds. The van der Waals surface area contributed by atoms with Gasteiger partial charge in [0, 0.05) is 13.1 Å². The van der Waals surface area contributed by atoms with E-state index in [9.17, 15) is 0 Å². The molecule has 0 spiro atoms. The van der Waals surface area contributed by atoms with Crippen molar-refractivity contribution >= 4 is 5.96 Å². The SMILES string of the molecule is CCNC(=NCCc1ccccc1C)NN. The molecule has 4 nitrogen and oxygen atoms in total. The third kappa shape index (κ3) is 3.90. The molecule has 0 radical (unpaired) electrons. The first kappa shape index (κ1) is 12.5. The van der Waals surface area contributed by atoms with E-state index in [2.05, 4.69) is 40.9 Å². The second-order valence-corrected chi connectivity index (χ2v) is 3.58. The van der Waals surface area contributed by atoms with Crippen LogP contribution < -0.4 is 16.6 Å². The quantitative estimate of drug-likeness (QED) is 0.306. The van der Waals surface area contributed by atoms with Gasteiger partial charge in [-0.3, -0.25) is 10.4 Å². The van der Waals surface area contributed by atoms with Crippen LogP contribution in [0.3, 0.4) is 0 Å². The number of rotatable bonds is 4. The molecule has 4 N–H and O–H groups in total. The van der Waals surface area contributed by atoms with Gasteiger partial charge in [-0.2, -0.15) is 0 Å². The average molecular weight is 220 g/mol. The number of aliphatic imine (C=N–C) groups is 1. The number of hydrogen-bond acceptors (Lipinski definition) is 2. The number of nitrogens with two attached hydrogens (primary N) is 1. The number of nitrogens with zero attached hydrogens (tertiary/aromatic N) is 1. The fraction of sp³-hybridized carbons (Fsp3) is 0.417. The van der Waals surface area contributed by atoms with Crippen LogP contribution in [0.4, 0.5) is 0 Å². The van der Waals surface area contributed by atoms with E-state index in [0.717, 1.165) is 19.5 Å². The third-order valence-electron chi connectivity index (χ3n) is 2.39. The molecule has 1 rings (SSSR count). The molecule has 0 aromatic heterocycles. The molecule has 0 atom stereocenters. The van der Waals surface area contributed by atoms with Crippen molar-refractivity contribution in [3.05, 3.63) is 35.4 Å². The number of guanidine groups is 1. The van der Waals surface area contributed by atoms with E-state index in [4.69, 9.17) is 5.84 Å². The Bertz CT molecular complexity index is 347. The molecule has 88 valence electrons. The fourth-order valence-electron chi connectivity index (χ4n) is 1.50. The standard InChI is InChI=1S/C12H20N4/c1-3-14-12(16-13)15-9-8-11-7-5-4-6-10(11)2/h4-7H,3,8-9,13H2,1-2H3,(H2,14,15,16). The van der Waals surface area contributed by atoms with E-state index in [1.807, 2.05) is 13.0 Å². The number of benzene rings is 1. The molecule has 1 aromatic carbocycles. The molecule has 0 aliphatic heterocycles. The first-order chi connectivity index (χ1) is 7.77. The van der Waals surface area contributed by atoms with E-state index >= 15 is 0 Å². The fourth-order valence-corrected chi connectivity index (χ4v) is 1.50. The van der Waals surface area contributed by atoms with Crippen molar-refractivity contribution in [3.63, 3.8) is 0 Å². The summed E-state index contributed by atoms with van der Waals surface area (Å²) in [7, 11) is 0. The number of hydrazine groups is 1. The van der Waals surface area contributed by atoms with Crippen LogP contribution in [0.25, 0.3) is 0 Å². The second kappa shape index (κ2) is 6.85. The molecule has 0 saturated heterocycles. The maximum atomic E-state index is 5.32. The third-order valence-corrected chi connectivity index (χ3v) is 2.39. The molecular weight excluding hydrogens is 200 g/mol. The average Bonchev–Trinajstić information content (AvgIpc) is 2.30. The van der Waals surface area contributed by atoms with Gasteiger partial charge in [0.2, 0.25) is 5.96 Å². The van der Waals surface area contributed by atoms with Crippen molar-refractivity contribution in [1.29, 1.82) is 0 Å². The van der Waals surface area contributed by atoms with E-state index in [1.54, 1.807) is 0 Å². The zero-order valence-corrected chi connectivity index (χ0v) is 9.96. The summed E-state index contributed by atoms with van der Waals surface area (Å²) in [5.41, 5.74) is 5.18. The van der Waals surface area contributed by atoms with Gasteiger partial charge in [0.1, 0.15) is 0 Å². The van der Waals surface area contributed by atoms with Gasteiger partial charge in [-0.25, -0.2) is 5.84 Å². The normalized spacial score (nSPS) is 11.3. The Kier molecular flexibility index (Phi) is 5.36. The lowest BCUT2D eigenvalue weighted by Gasteiger charge is -2.07. The van der Waals surface area contributed by atoms with Gasteiger partial charge in [0.05, 0.1) is 0 Å². The summed E-state index contributed by atoms with van der Waals surface area (Å²) in [6.45, 7) is 5.67. The lowest BCUT2D eigenvalue weighted by molar-refractivity contribution is 0.843. The van der Waals surface area contributed by atoms with E-state index in [0.29, 0.717) is 5.96 Å². The molecule has 16 heavy (non-hydrogen) atoms. The predicted molar refractivity (Wildman–Crippen MR) is 68.2 cm³/mol. The minimum atomic E-state index is 0.649. The molecule has 0 fully saturated rings. The van der Waals surface area contributed by atoms with Gasteiger partial charge >= 0.3 is 0 Å². The van der Waals surface area contributed by atoms with Crippen LogP contribution in [0, 0.1) is 6.92 Å². The van der Waals surface area contributed by atoms with Crippen LogP contribution in [-0.4, -0.2) is 19.0 Å². The monoisotopic (exact) mass is 220 g/mol. The minimum absolute atomic E-state index is 0.649. The van der Waals surface area contributed by atoms with Crippen LogP contribution >= 0.6 is 0 Å². The lowest BCUT2D eigenvalue weighted by atomic mass is 10.1. The molecule has 1 aromatic rings. The summed E-state index contributed by atoms with van der Waals surface area (Å²) in [5, 5.41) is 3.05. The summed E-state index contributed by atoms with van der Waals surface area (Å²) in [6, 6.07) is 8.35. The van der Waals surface area contributed by atoms with Crippen LogP contribution in [0.15, 0.2) is 29.3 Å². The molecule has 0 saturated carbocycles. The van der Waals surface area contributed by atoms with Crippen LogP contribution in [0.2, 0.25) is 0 Å². The molecule has 0 unspecified atom stereocenters. The molecule has 0 aliphatic carbocycles. The van der Waals surface area contributed by atoms with Crippen molar-refractivity contribution in [3.8, 4) is 0 Å². The highest BCUT2D eigenvalue weighted by Gasteiger charge is 1.97. The number of nitrogens with one attached hydrogen (secondary N) is 2. The van der Waals surface area contributed by atoms with Crippen molar-refractivity contribution in [2.75, 3.05) is 13.1 Å². The van der Waals surface area contributed by atoms with E-state index in [-0.39, 0.29) is 0 Å². The van der Waals surface area contributed by atoms with Crippen molar-refractivity contribution in [2.45, 2.75) is 20.3 Å². The van der Waals surface area contributed by atoms with Crippen molar-refractivity contribution in [2.24, 2.45) is 10.8 Å². The maximum absolute atomic E-state index is 5.32. The Morgan fingerprint density at radius 2 is 2.12 bits per heavy atom. The Balaban J connectivity index is 2.48. The van der Waals surface area contributed by atoms with Gasteiger partial charge < -0.3 is 5.32 Å². The Labute approximate surface area is 96.9 Å². The van der Waals surface area contributed by atoms with Crippen molar-refractivity contribution < 1.29 is 0 Å². The number of aryl methyl sites for hydroxylation is 1. The van der Waals surface area contributed by atoms with Gasteiger partial charge in [-0.05, 0) is 31.4 Å². The Hall–Kier alpha value is -1.55. The zero-order chi connectivity index (χ0) is 11.8. The predicted octanol–water partition coefficient (Wildman–Crippen LogP) is 0.966. The number of hydrogen-bond donors (Lipinski definition) is 3. The first-order valence-electron chi connectivity index (χ1n) is 5.57. The smallest absolute Gasteiger partial charge is 0.205 e. The molecule has 0 heterocycles. The van der Waals surface area contributed by atoms with Gasteiger partial charge in [0.25, 0.3) is 0 Å². The van der Waals surface area contributed by atoms with Gasteiger partial charge in [-0.15, -0.1) is 0 Å². The maximum Gasteiger partial charge on any atom is 0.205 e. The highest BCUT2D eigenvalue weighted by atomic mass is 15.3. The summed E-state index contributed by atoms with van der Waals surface area (Å²) in [4.78, 5) is 4.34.